The predicted octanol–water partition coefficient (Wildman–Crippen LogP) is 0.0109. The average molecular weight is 314 g/mol. The van der Waals surface area contributed by atoms with Gasteiger partial charge < -0.3 is 25.1 Å². The monoisotopic (exact) mass is 313 g/mol. The molecule has 2 heterocycles. The molecule has 0 aromatic carbocycles. The van der Waals surface area contributed by atoms with Crippen LogP contribution in [-0.2, 0) is 9.59 Å². The van der Waals surface area contributed by atoms with Crippen LogP contribution < -0.4 is 15.5 Å². The number of hydrogen-bond donors (Lipinski definition) is 1. The van der Waals surface area contributed by atoms with Crippen molar-refractivity contribution in [2.75, 3.05) is 0 Å². The molecule has 20 heavy (non-hydrogen) atoms. The molecule has 1 aliphatic rings. The van der Waals surface area contributed by atoms with Crippen molar-refractivity contribution >= 4 is 34.9 Å². The van der Waals surface area contributed by atoms with Crippen LogP contribution in [0.2, 0.25) is 4.34 Å². The van der Waals surface area contributed by atoms with Gasteiger partial charge in [-0.2, -0.15) is 0 Å². The summed E-state index contributed by atoms with van der Waals surface area (Å²) in [5.41, 5.74) is -0.456. The second-order valence-corrected chi connectivity index (χ2v) is 6.50. The Morgan fingerprint density at radius 2 is 2.15 bits per heavy atom. The summed E-state index contributed by atoms with van der Waals surface area (Å²) in [5.74, 6) is -3.25. The molecule has 0 radical (unpaired) electrons. The summed E-state index contributed by atoms with van der Waals surface area (Å²) in [6, 6.07) is 1.70. The van der Waals surface area contributed by atoms with Gasteiger partial charge in [0.05, 0.1) is 21.8 Å². The minimum Gasteiger partial charge on any atom is -0.548 e. The molecule has 1 aromatic heterocycles. The molecule has 5 nitrogen and oxygen atoms in total. The molecule has 1 aromatic rings. The fraction of sp³-hybridized carbons (Fsp3) is 0.385. The van der Waals surface area contributed by atoms with Crippen LogP contribution >= 0.6 is 22.9 Å². The maximum absolute atomic E-state index is 11.4. The third-order valence-electron chi connectivity index (χ3n) is 3.52. The number of hydrogen-bond acceptors (Lipinski definition) is 6. The van der Waals surface area contributed by atoms with Crippen molar-refractivity contribution < 1.29 is 19.8 Å². The summed E-state index contributed by atoms with van der Waals surface area (Å²) in [6.07, 6.45) is 0.0342. The first-order valence-corrected chi connectivity index (χ1v) is 7.16. The Balaban J connectivity index is 2.56. The van der Waals surface area contributed by atoms with Crippen LogP contribution in [0.25, 0.3) is 0 Å². The number of nitrogens with one attached hydrogen (secondary N) is 1. The van der Waals surface area contributed by atoms with Crippen LogP contribution in [0.4, 0.5) is 0 Å². The molecule has 2 unspecified atom stereocenters. The van der Waals surface area contributed by atoms with Gasteiger partial charge >= 0.3 is 0 Å². The molecule has 7 heteroatoms. The third kappa shape index (κ3) is 2.41. The molecule has 0 saturated carbocycles. The molecule has 108 valence electrons. The Hall–Kier alpha value is -1.53. The van der Waals surface area contributed by atoms with Crippen molar-refractivity contribution in [2.45, 2.75) is 31.7 Å². The molecule has 2 atom stereocenters. The summed E-state index contributed by atoms with van der Waals surface area (Å²) in [6.45, 7) is 2.98. The van der Waals surface area contributed by atoms with Crippen LogP contribution in [0.1, 0.15) is 31.7 Å². The highest BCUT2D eigenvalue weighted by molar-refractivity contribution is 7.14. The zero-order chi connectivity index (χ0) is 15.1. The number of carboxylic acid groups (broad SMARTS) is 2. The zero-order valence-electron chi connectivity index (χ0n) is 10.9. The van der Waals surface area contributed by atoms with E-state index in [1.54, 1.807) is 11.4 Å². The molecular formula is C13H12ClNO4S-2. The Morgan fingerprint density at radius 3 is 2.60 bits per heavy atom. The Kier molecular flexibility index (Phi) is 3.80. The molecule has 2 rings (SSSR count). The van der Waals surface area contributed by atoms with Crippen LogP contribution in [-0.4, -0.2) is 17.5 Å². The van der Waals surface area contributed by atoms with E-state index in [1.807, 2.05) is 0 Å². The molecule has 0 fully saturated rings. The standard InChI is InChI=1S/C13H14ClNO4S/c1-6-9(11(16)17)8(7-3-4-20-10(7)14)5-13(2,15-6)12(18)19/h3-4,8,15H,5H2,1-2H3,(H,16,17)(H,18,19)/p-2. The van der Waals surface area contributed by atoms with Crippen LogP contribution in [0.15, 0.2) is 22.7 Å². The molecule has 1 N–H and O–H groups in total. The molecular weight excluding hydrogens is 302 g/mol. The Bertz CT molecular complexity index is 609. The lowest BCUT2D eigenvalue weighted by atomic mass is 9.77. The highest BCUT2D eigenvalue weighted by Crippen LogP contribution is 2.42. The summed E-state index contributed by atoms with van der Waals surface area (Å²) >= 11 is 7.33. The van der Waals surface area contributed by atoms with Gasteiger partial charge in [-0.3, -0.25) is 0 Å². The normalized spacial score (nSPS) is 26.2. The van der Waals surface area contributed by atoms with E-state index in [2.05, 4.69) is 5.32 Å². The number of rotatable bonds is 3. The largest absolute Gasteiger partial charge is 0.548 e. The van der Waals surface area contributed by atoms with Gasteiger partial charge in [-0.05, 0) is 37.3 Å². The summed E-state index contributed by atoms with van der Waals surface area (Å²) in [4.78, 5) is 22.7. The first kappa shape index (κ1) is 14.9. The highest BCUT2D eigenvalue weighted by Gasteiger charge is 2.38. The van der Waals surface area contributed by atoms with Gasteiger partial charge in [0, 0.05) is 17.2 Å². The second-order valence-electron chi connectivity index (χ2n) is 4.98. The number of aliphatic carboxylic acids is 2. The number of thiophene rings is 1. The van der Waals surface area contributed by atoms with E-state index in [4.69, 9.17) is 11.6 Å². The van der Waals surface area contributed by atoms with Gasteiger partial charge in [0.1, 0.15) is 0 Å². The SMILES string of the molecule is CC1=C(C(=O)[O-])C(c2ccsc2Cl)CC(C)(C(=O)[O-])N1. The van der Waals surface area contributed by atoms with Crippen LogP contribution in [0.5, 0.6) is 0 Å². The average Bonchev–Trinajstić information content (AvgIpc) is 2.73. The van der Waals surface area contributed by atoms with E-state index in [9.17, 15) is 19.8 Å². The van der Waals surface area contributed by atoms with Crippen LogP contribution in [0.3, 0.4) is 0 Å². The summed E-state index contributed by atoms with van der Waals surface area (Å²) < 4.78 is 0.448. The lowest BCUT2D eigenvalue weighted by Crippen LogP contribution is -2.59. The minimum atomic E-state index is -1.35. The van der Waals surface area contributed by atoms with Crippen molar-refractivity contribution in [1.29, 1.82) is 0 Å². The van der Waals surface area contributed by atoms with Crippen molar-refractivity contribution in [3.05, 3.63) is 32.6 Å². The second kappa shape index (κ2) is 5.10. The number of carbonyl (C=O) groups excluding carboxylic acids is 2. The van der Waals surface area contributed by atoms with E-state index in [-0.39, 0.29) is 17.7 Å². The zero-order valence-corrected chi connectivity index (χ0v) is 12.4. The maximum atomic E-state index is 11.4. The van der Waals surface area contributed by atoms with Gasteiger partial charge in [0.2, 0.25) is 0 Å². The third-order valence-corrected chi connectivity index (χ3v) is 4.72. The molecule has 0 saturated heterocycles. The van der Waals surface area contributed by atoms with Crippen molar-refractivity contribution in [3.63, 3.8) is 0 Å². The quantitative estimate of drug-likeness (QED) is 0.848. The molecule has 0 aliphatic carbocycles. The minimum absolute atomic E-state index is 0.0315. The van der Waals surface area contributed by atoms with Gasteiger partial charge in [-0.1, -0.05) is 11.6 Å². The topological polar surface area (TPSA) is 92.3 Å². The molecule has 0 amide bonds. The van der Waals surface area contributed by atoms with Gasteiger partial charge in [0.25, 0.3) is 0 Å². The van der Waals surface area contributed by atoms with Gasteiger partial charge in [0.15, 0.2) is 0 Å². The maximum Gasteiger partial charge on any atom is 0.0966 e. The first-order valence-electron chi connectivity index (χ1n) is 5.91. The number of carbonyl (C=O) groups is 2. The Morgan fingerprint density at radius 1 is 1.50 bits per heavy atom. The van der Waals surface area contributed by atoms with E-state index >= 15 is 0 Å². The van der Waals surface area contributed by atoms with E-state index in [0.717, 1.165) is 0 Å². The summed E-state index contributed by atoms with van der Waals surface area (Å²) in [5, 5.41) is 27.1. The van der Waals surface area contributed by atoms with Gasteiger partial charge in [-0.25, -0.2) is 0 Å². The van der Waals surface area contributed by atoms with Crippen LogP contribution in [0, 0.1) is 0 Å². The number of carboxylic acids is 2. The molecule has 0 spiro atoms. The molecule has 0 bridgehead atoms. The van der Waals surface area contributed by atoms with E-state index < -0.39 is 23.4 Å². The van der Waals surface area contributed by atoms with E-state index in [1.165, 1.54) is 25.2 Å². The predicted molar refractivity (Wildman–Crippen MR) is 70.9 cm³/mol. The lowest BCUT2D eigenvalue weighted by Gasteiger charge is -2.42. The van der Waals surface area contributed by atoms with Gasteiger partial charge in [-0.15, -0.1) is 11.3 Å². The van der Waals surface area contributed by atoms with Crippen molar-refractivity contribution in [2.24, 2.45) is 0 Å². The number of halogens is 1. The molecule has 1 aliphatic heterocycles. The first-order chi connectivity index (χ1) is 9.26. The highest BCUT2D eigenvalue weighted by atomic mass is 35.5. The number of allylic oxidation sites excluding steroid dienone is 1. The fourth-order valence-electron chi connectivity index (χ4n) is 2.55. The summed E-state index contributed by atoms with van der Waals surface area (Å²) in [7, 11) is 0. The lowest BCUT2D eigenvalue weighted by molar-refractivity contribution is -0.315. The van der Waals surface area contributed by atoms with Crippen molar-refractivity contribution in [1.82, 2.24) is 5.32 Å². The van der Waals surface area contributed by atoms with E-state index in [0.29, 0.717) is 9.90 Å². The Labute approximate surface area is 124 Å². The smallest absolute Gasteiger partial charge is 0.0966 e. The fourth-order valence-corrected chi connectivity index (χ4v) is 3.58. The van der Waals surface area contributed by atoms with Crippen molar-refractivity contribution in [3.8, 4) is 0 Å².